The number of halogens is 1. The third-order valence-corrected chi connectivity index (χ3v) is 3.30. The number of benzene rings is 2. The van der Waals surface area contributed by atoms with E-state index in [1.54, 1.807) is 13.0 Å². The lowest BCUT2D eigenvalue weighted by atomic mass is 10.1. The van der Waals surface area contributed by atoms with Crippen molar-refractivity contribution >= 4 is 0 Å². The summed E-state index contributed by atoms with van der Waals surface area (Å²) in [6.45, 7) is 1.80. The Morgan fingerprint density at radius 3 is 2.62 bits per heavy atom. The molecular weight excluding hydrogens is 269 g/mol. The first-order valence-corrected chi connectivity index (χ1v) is 6.56. The highest BCUT2D eigenvalue weighted by atomic mass is 19.1. The van der Waals surface area contributed by atoms with Crippen molar-refractivity contribution in [2.75, 3.05) is 0 Å². The molecular formula is C16H14FN3O. The highest BCUT2D eigenvalue weighted by Crippen LogP contribution is 2.24. The van der Waals surface area contributed by atoms with E-state index >= 15 is 0 Å². The first-order valence-electron chi connectivity index (χ1n) is 6.56. The minimum atomic E-state index is -0.479. The van der Waals surface area contributed by atoms with Gasteiger partial charge >= 0.3 is 0 Å². The maximum Gasteiger partial charge on any atom is 0.248 e. The van der Waals surface area contributed by atoms with Crippen molar-refractivity contribution in [3.63, 3.8) is 0 Å². The average Bonchev–Trinajstić information content (AvgIpc) is 2.97. The molecule has 2 N–H and O–H groups in total. The molecule has 0 amide bonds. The van der Waals surface area contributed by atoms with Crippen molar-refractivity contribution in [2.24, 2.45) is 5.73 Å². The number of aryl methyl sites for hydroxylation is 1. The Hall–Kier alpha value is -2.53. The van der Waals surface area contributed by atoms with Crippen molar-refractivity contribution in [1.29, 1.82) is 0 Å². The Bertz CT molecular complexity index is 755. The standard InChI is InChI=1S/C16H14FN3O/c1-10-9-12(17)7-8-13(10)15-19-16(21-20-15)14(18)11-5-3-2-4-6-11/h2-9,14H,18H2,1H3. The predicted molar refractivity (Wildman–Crippen MR) is 76.9 cm³/mol. The lowest BCUT2D eigenvalue weighted by Gasteiger charge is -2.05. The van der Waals surface area contributed by atoms with Crippen LogP contribution in [0.15, 0.2) is 53.1 Å². The second-order valence-electron chi connectivity index (χ2n) is 4.80. The molecule has 0 saturated carbocycles. The Morgan fingerprint density at radius 1 is 1.14 bits per heavy atom. The number of nitrogens with two attached hydrogens (primary N) is 1. The smallest absolute Gasteiger partial charge is 0.248 e. The average molecular weight is 283 g/mol. The maximum atomic E-state index is 13.1. The molecule has 0 aliphatic rings. The number of hydrogen-bond donors (Lipinski definition) is 1. The Balaban J connectivity index is 1.93. The van der Waals surface area contributed by atoms with Gasteiger partial charge in [-0.05, 0) is 36.2 Å². The zero-order chi connectivity index (χ0) is 14.8. The summed E-state index contributed by atoms with van der Waals surface area (Å²) in [7, 11) is 0. The van der Waals surface area contributed by atoms with Gasteiger partial charge in [0.25, 0.3) is 0 Å². The lowest BCUT2D eigenvalue weighted by molar-refractivity contribution is 0.367. The second-order valence-corrected chi connectivity index (χ2v) is 4.80. The Labute approximate surface area is 121 Å². The molecule has 1 atom stereocenters. The van der Waals surface area contributed by atoms with Gasteiger partial charge in [-0.15, -0.1) is 0 Å². The van der Waals surface area contributed by atoms with Gasteiger partial charge in [0.1, 0.15) is 11.9 Å². The van der Waals surface area contributed by atoms with E-state index in [0.29, 0.717) is 11.7 Å². The van der Waals surface area contributed by atoms with Gasteiger partial charge in [-0.3, -0.25) is 0 Å². The van der Waals surface area contributed by atoms with Crippen LogP contribution in [0.5, 0.6) is 0 Å². The largest absolute Gasteiger partial charge is 0.337 e. The first kappa shape index (κ1) is 13.5. The fourth-order valence-electron chi connectivity index (χ4n) is 2.15. The van der Waals surface area contributed by atoms with E-state index in [1.165, 1.54) is 12.1 Å². The van der Waals surface area contributed by atoms with Crippen molar-refractivity contribution < 1.29 is 8.91 Å². The number of rotatable bonds is 3. The Kier molecular flexibility index (Phi) is 3.50. The van der Waals surface area contributed by atoms with Crippen LogP contribution in [0.2, 0.25) is 0 Å². The van der Waals surface area contributed by atoms with E-state index in [4.69, 9.17) is 10.3 Å². The van der Waals surface area contributed by atoms with Gasteiger partial charge in [-0.1, -0.05) is 35.5 Å². The quantitative estimate of drug-likeness (QED) is 0.801. The van der Waals surface area contributed by atoms with Crippen molar-refractivity contribution in [3.8, 4) is 11.4 Å². The minimum absolute atomic E-state index is 0.291. The summed E-state index contributed by atoms with van der Waals surface area (Å²) in [5, 5.41) is 3.93. The second kappa shape index (κ2) is 5.46. The molecule has 0 fully saturated rings. The number of hydrogen-bond acceptors (Lipinski definition) is 4. The summed E-state index contributed by atoms with van der Waals surface area (Å²) in [5.41, 5.74) is 8.48. The van der Waals surface area contributed by atoms with Crippen molar-refractivity contribution in [1.82, 2.24) is 10.1 Å². The highest BCUT2D eigenvalue weighted by molar-refractivity contribution is 5.59. The molecule has 5 heteroatoms. The van der Waals surface area contributed by atoms with Crippen LogP contribution in [0.3, 0.4) is 0 Å². The molecule has 3 rings (SSSR count). The molecule has 0 radical (unpaired) electrons. The molecule has 0 spiro atoms. The molecule has 2 aromatic carbocycles. The summed E-state index contributed by atoms with van der Waals surface area (Å²) in [4.78, 5) is 4.32. The third-order valence-electron chi connectivity index (χ3n) is 3.30. The SMILES string of the molecule is Cc1cc(F)ccc1-c1noc(C(N)c2ccccc2)n1. The van der Waals surface area contributed by atoms with Crippen LogP contribution in [0.1, 0.15) is 23.1 Å². The van der Waals surface area contributed by atoms with Crippen LogP contribution in [-0.2, 0) is 0 Å². The topological polar surface area (TPSA) is 64.9 Å². The van der Waals surface area contributed by atoms with E-state index in [9.17, 15) is 4.39 Å². The van der Waals surface area contributed by atoms with E-state index in [0.717, 1.165) is 16.7 Å². The van der Waals surface area contributed by atoms with Crippen LogP contribution in [0.25, 0.3) is 11.4 Å². The van der Waals surface area contributed by atoms with Gasteiger partial charge in [-0.2, -0.15) is 4.98 Å². The normalized spacial score (nSPS) is 12.3. The fraction of sp³-hybridized carbons (Fsp3) is 0.125. The minimum Gasteiger partial charge on any atom is -0.337 e. The van der Waals surface area contributed by atoms with Crippen molar-refractivity contribution in [3.05, 3.63) is 71.4 Å². The first-order chi connectivity index (χ1) is 10.1. The summed E-state index contributed by atoms with van der Waals surface area (Å²) < 4.78 is 18.4. The molecule has 0 aliphatic heterocycles. The molecule has 0 aliphatic carbocycles. The highest BCUT2D eigenvalue weighted by Gasteiger charge is 2.18. The fourth-order valence-corrected chi connectivity index (χ4v) is 2.15. The molecule has 106 valence electrons. The Morgan fingerprint density at radius 2 is 1.90 bits per heavy atom. The van der Waals surface area contributed by atoms with Gasteiger partial charge in [0, 0.05) is 5.56 Å². The zero-order valence-electron chi connectivity index (χ0n) is 11.5. The molecule has 1 aromatic heterocycles. The number of aromatic nitrogens is 2. The summed E-state index contributed by atoms with van der Waals surface area (Å²) >= 11 is 0. The third kappa shape index (κ3) is 2.68. The summed E-state index contributed by atoms with van der Waals surface area (Å²) in [6, 6.07) is 13.5. The van der Waals surface area contributed by atoms with Crippen LogP contribution < -0.4 is 5.73 Å². The van der Waals surface area contributed by atoms with Crippen LogP contribution in [-0.4, -0.2) is 10.1 Å². The van der Waals surface area contributed by atoms with Gasteiger partial charge in [-0.25, -0.2) is 4.39 Å². The van der Waals surface area contributed by atoms with Gasteiger partial charge in [0.15, 0.2) is 0 Å². The van der Waals surface area contributed by atoms with Crippen LogP contribution in [0.4, 0.5) is 4.39 Å². The molecule has 0 saturated heterocycles. The van der Waals surface area contributed by atoms with Gasteiger partial charge in [0.05, 0.1) is 0 Å². The molecule has 0 bridgehead atoms. The van der Waals surface area contributed by atoms with Crippen LogP contribution in [0, 0.1) is 12.7 Å². The van der Waals surface area contributed by atoms with E-state index in [-0.39, 0.29) is 5.82 Å². The molecule has 4 nitrogen and oxygen atoms in total. The molecule has 21 heavy (non-hydrogen) atoms. The van der Waals surface area contributed by atoms with E-state index < -0.39 is 6.04 Å². The zero-order valence-corrected chi connectivity index (χ0v) is 11.5. The lowest BCUT2D eigenvalue weighted by Crippen LogP contribution is -2.12. The number of nitrogens with zero attached hydrogens (tertiary/aromatic N) is 2. The summed E-state index contributed by atoms with van der Waals surface area (Å²) in [5.74, 6) is 0.453. The van der Waals surface area contributed by atoms with Gasteiger partial charge < -0.3 is 10.3 Å². The van der Waals surface area contributed by atoms with E-state index in [1.807, 2.05) is 30.3 Å². The molecule has 1 heterocycles. The molecule has 3 aromatic rings. The summed E-state index contributed by atoms with van der Waals surface area (Å²) in [6.07, 6.45) is 0. The van der Waals surface area contributed by atoms with E-state index in [2.05, 4.69) is 10.1 Å². The monoisotopic (exact) mass is 283 g/mol. The van der Waals surface area contributed by atoms with Crippen LogP contribution >= 0.6 is 0 Å². The van der Waals surface area contributed by atoms with Gasteiger partial charge in [0.2, 0.25) is 11.7 Å². The van der Waals surface area contributed by atoms with Crippen molar-refractivity contribution in [2.45, 2.75) is 13.0 Å². The molecule has 1 unspecified atom stereocenters. The maximum absolute atomic E-state index is 13.1. The predicted octanol–water partition coefficient (Wildman–Crippen LogP) is 3.23.